The van der Waals surface area contributed by atoms with Crippen LogP contribution < -0.4 is 5.32 Å². The normalized spacial score (nSPS) is 15.4. The third-order valence-electron chi connectivity index (χ3n) is 4.82. The number of hydroxylamine groups is 2. The van der Waals surface area contributed by atoms with Crippen molar-refractivity contribution in [2.75, 3.05) is 11.9 Å². The predicted molar refractivity (Wildman–Crippen MR) is 112 cm³/mol. The van der Waals surface area contributed by atoms with Crippen LogP contribution in [0, 0.1) is 0 Å². The molecule has 2 aromatic rings. The first-order chi connectivity index (χ1) is 15.0. The highest BCUT2D eigenvalue weighted by atomic mass is 16.8. The summed E-state index contributed by atoms with van der Waals surface area (Å²) >= 11 is 0. The molecule has 0 bridgehead atoms. The third kappa shape index (κ3) is 4.91. The Balaban J connectivity index is 0.000000860. The first-order valence-electron chi connectivity index (χ1n) is 9.22. The van der Waals surface area contributed by atoms with Gasteiger partial charge in [-0.05, 0) is 34.4 Å². The third-order valence-corrected chi connectivity index (χ3v) is 4.82. The van der Waals surface area contributed by atoms with Crippen molar-refractivity contribution in [1.82, 2.24) is 5.06 Å². The van der Waals surface area contributed by atoms with E-state index in [4.69, 9.17) is 19.5 Å². The topological polar surface area (TPSA) is 139 Å². The summed E-state index contributed by atoms with van der Waals surface area (Å²) in [4.78, 5) is 58.9. The number of benzene rings is 2. The molecule has 1 fully saturated rings. The van der Waals surface area contributed by atoms with E-state index < -0.39 is 18.0 Å². The molecule has 10 heteroatoms. The van der Waals surface area contributed by atoms with Gasteiger partial charge in [-0.2, -0.15) is 0 Å². The fraction of sp³-hybridized carbons (Fsp3) is 0.227. The second kappa shape index (κ2) is 10.7. The first-order valence-corrected chi connectivity index (χ1v) is 9.22. The van der Waals surface area contributed by atoms with E-state index in [9.17, 15) is 19.2 Å². The Morgan fingerprint density at radius 1 is 1.06 bits per heavy atom. The molecule has 0 radical (unpaired) electrons. The lowest BCUT2D eigenvalue weighted by molar-refractivity contribution is -0.177. The van der Waals surface area contributed by atoms with E-state index >= 15 is 0 Å². The molecule has 1 aliphatic carbocycles. The molecule has 1 aliphatic heterocycles. The summed E-state index contributed by atoms with van der Waals surface area (Å²) in [6.07, 6.45) is -0.488. The van der Waals surface area contributed by atoms with Crippen molar-refractivity contribution < 1.29 is 38.7 Å². The Labute approximate surface area is 183 Å². The van der Waals surface area contributed by atoms with Crippen LogP contribution in [0.15, 0.2) is 42.5 Å². The number of nitrogens with one attached hydrogen (secondary N) is 1. The van der Waals surface area contributed by atoms with Crippen LogP contribution in [0.4, 0.5) is 10.5 Å². The first kappa shape index (κ1) is 24.1. The molecule has 1 atom stereocenters. The summed E-state index contributed by atoms with van der Waals surface area (Å²) in [6, 6.07) is 13.3. The van der Waals surface area contributed by atoms with E-state index in [1.165, 1.54) is 0 Å². The van der Waals surface area contributed by atoms with Gasteiger partial charge < -0.3 is 15.2 Å². The number of carboxylic acid groups (broad SMARTS) is 1. The zero-order valence-electron chi connectivity index (χ0n) is 16.1. The van der Waals surface area contributed by atoms with Crippen LogP contribution in [-0.4, -0.2) is 47.6 Å². The van der Waals surface area contributed by atoms with Crippen molar-refractivity contribution in [2.45, 2.75) is 26.2 Å². The fourth-order valence-electron chi connectivity index (χ4n) is 3.56. The molecule has 4 rings (SSSR count). The van der Waals surface area contributed by atoms with Crippen molar-refractivity contribution in [3.8, 4) is 11.1 Å². The standard InChI is InChI=1S/C20H16N2O6.CH2O2.CH4/c23-11-21-12-5-6-15-13-3-1-2-4-14(13)17(16(15)9-12)10-27-20(26)28-22-18(24)7-8-19(22)25;2-1-3;/h1-6,9,11,17H,7-8,10H2,(H,21,23);1H,(H,2,3);1H4. The minimum absolute atomic E-state index is 0. The number of imide groups is 1. The average Bonchev–Trinajstić information content (AvgIpc) is 3.24. The highest BCUT2D eigenvalue weighted by molar-refractivity contribution is 6.01. The van der Waals surface area contributed by atoms with Gasteiger partial charge in [0.25, 0.3) is 18.3 Å². The molecule has 2 aliphatic rings. The van der Waals surface area contributed by atoms with Crippen LogP contribution >= 0.6 is 0 Å². The summed E-state index contributed by atoms with van der Waals surface area (Å²) in [6.45, 7) is -0.288. The molecule has 0 spiro atoms. The molecule has 1 saturated heterocycles. The van der Waals surface area contributed by atoms with Gasteiger partial charge >= 0.3 is 6.16 Å². The Hall–Kier alpha value is -4.21. The van der Waals surface area contributed by atoms with Crippen LogP contribution in [0.3, 0.4) is 0 Å². The average molecular weight is 442 g/mol. The van der Waals surface area contributed by atoms with E-state index in [1.54, 1.807) is 6.07 Å². The zero-order chi connectivity index (χ0) is 22.4. The number of anilines is 1. The number of amides is 3. The van der Waals surface area contributed by atoms with E-state index in [0.717, 1.165) is 22.3 Å². The van der Waals surface area contributed by atoms with E-state index in [0.29, 0.717) is 17.2 Å². The fourth-order valence-corrected chi connectivity index (χ4v) is 3.56. The van der Waals surface area contributed by atoms with Gasteiger partial charge in [-0.3, -0.25) is 24.0 Å². The van der Waals surface area contributed by atoms with Gasteiger partial charge in [0.1, 0.15) is 6.61 Å². The maximum atomic E-state index is 12.0. The lowest BCUT2D eigenvalue weighted by atomic mass is 9.97. The molecule has 10 nitrogen and oxygen atoms in total. The van der Waals surface area contributed by atoms with Gasteiger partial charge in [0.2, 0.25) is 6.41 Å². The molecular formula is C22H22N2O8. The minimum Gasteiger partial charge on any atom is -0.483 e. The second-order valence-corrected chi connectivity index (χ2v) is 6.54. The van der Waals surface area contributed by atoms with E-state index in [-0.39, 0.29) is 39.3 Å². The van der Waals surface area contributed by atoms with Gasteiger partial charge in [-0.15, -0.1) is 0 Å². The molecule has 3 amide bonds. The molecular weight excluding hydrogens is 420 g/mol. The number of hydrogen-bond acceptors (Lipinski definition) is 7. The summed E-state index contributed by atoms with van der Waals surface area (Å²) in [7, 11) is 0. The number of carbonyl (C=O) groups is 5. The summed E-state index contributed by atoms with van der Waals surface area (Å²) < 4.78 is 5.20. The number of hydrogen-bond donors (Lipinski definition) is 2. The number of rotatable bonds is 5. The maximum Gasteiger partial charge on any atom is 0.533 e. The van der Waals surface area contributed by atoms with Crippen molar-refractivity contribution in [3.63, 3.8) is 0 Å². The molecule has 1 heterocycles. The second-order valence-electron chi connectivity index (χ2n) is 6.54. The highest BCUT2D eigenvalue weighted by Gasteiger charge is 2.34. The van der Waals surface area contributed by atoms with Crippen molar-refractivity contribution >= 4 is 36.5 Å². The molecule has 2 aromatic carbocycles. The molecule has 32 heavy (non-hydrogen) atoms. The zero-order valence-corrected chi connectivity index (χ0v) is 16.1. The summed E-state index contributed by atoms with van der Waals surface area (Å²) in [5, 5.41) is 9.95. The summed E-state index contributed by atoms with van der Waals surface area (Å²) in [5.41, 5.74) is 4.50. The maximum absolute atomic E-state index is 12.0. The molecule has 2 N–H and O–H groups in total. The lowest BCUT2D eigenvalue weighted by Gasteiger charge is -2.16. The molecule has 1 unspecified atom stereocenters. The van der Waals surface area contributed by atoms with Gasteiger partial charge in [-0.1, -0.05) is 42.8 Å². The van der Waals surface area contributed by atoms with Gasteiger partial charge in [0.15, 0.2) is 0 Å². The van der Waals surface area contributed by atoms with Crippen LogP contribution in [0.1, 0.15) is 37.3 Å². The quantitative estimate of drug-likeness (QED) is 0.409. The van der Waals surface area contributed by atoms with E-state index in [1.807, 2.05) is 36.4 Å². The number of fused-ring (bicyclic) bond motifs is 3. The smallest absolute Gasteiger partial charge is 0.483 e. The van der Waals surface area contributed by atoms with Gasteiger partial charge in [0.05, 0.1) is 0 Å². The predicted octanol–water partition coefficient (Wildman–Crippen LogP) is 2.92. The van der Waals surface area contributed by atoms with Crippen molar-refractivity contribution in [3.05, 3.63) is 53.6 Å². The number of ether oxygens (including phenoxy) is 1. The van der Waals surface area contributed by atoms with Crippen molar-refractivity contribution in [2.24, 2.45) is 0 Å². The van der Waals surface area contributed by atoms with Crippen LogP contribution in [0.25, 0.3) is 11.1 Å². The summed E-state index contributed by atoms with van der Waals surface area (Å²) in [5.74, 6) is -1.40. The number of nitrogens with zero attached hydrogens (tertiary/aromatic N) is 1. The van der Waals surface area contributed by atoms with E-state index in [2.05, 4.69) is 5.32 Å². The monoisotopic (exact) mass is 442 g/mol. The van der Waals surface area contributed by atoms with Crippen molar-refractivity contribution in [1.29, 1.82) is 0 Å². The minimum atomic E-state index is -1.11. The van der Waals surface area contributed by atoms with Crippen LogP contribution in [0.2, 0.25) is 0 Å². The number of carbonyl (C=O) groups excluding carboxylic acids is 4. The Morgan fingerprint density at radius 3 is 2.34 bits per heavy atom. The van der Waals surface area contributed by atoms with Crippen LogP contribution in [0.5, 0.6) is 0 Å². The van der Waals surface area contributed by atoms with Gasteiger partial charge in [-0.25, -0.2) is 4.79 Å². The SMILES string of the molecule is C.O=CNc1ccc2c(c1)C(COC(=O)ON1C(=O)CCC1=O)c1ccccc1-2.O=CO. The Morgan fingerprint density at radius 2 is 1.69 bits per heavy atom. The Bertz CT molecular complexity index is 1020. The molecule has 168 valence electrons. The highest BCUT2D eigenvalue weighted by Crippen LogP contribution is 2.45. The van der Waals surface area contributed by atoms with Gasteiger partial charge in [0, 0.05) is 24.4 Å². The Kier molecular flexibility index (Phi) is 8.05. The molecule has 0 aromatic heterocycles. The molecule has 0 saturated carbocycles. The lowest BCUT2D eigenvalue weighted by Crippen LogP contribution is -2.32. The largest absolute Gasteiger partial charge is 0.533 e. The van der Waals surface area contributed by atoms with Crippen LogP contribution in [-0.2, 0) is 28.8 Å².